The number of phenolic OH excluding ortho intramolecular Hbond substituents is 2. The Labute approximate surface area is 248 Å². The molecule has 0 atom stereocenters. The molecule has 0 aromatic heterocycles. The van der Waals surface area contributed by atoms with Crippen LogP contribution in [0.5, 0.6) is 11.5 Å². The fourth-order valence-corrected chi connectivity index (χ4v) is 5.82. The quantitative estimate of drug-likeness (QED) is 0.154. The summed E-state index contributed by atoms with van der Waals surface area (Å²) in [5, 5.41) is 21.9. The first kappa shape index (κ1) is 30.4. The van der Waals surface area contributed by atoms with Crippen LogP contribution in [0.3, 0.4) is 0 Å². The van der Waals surface area contributed by atoms with E-state index in [9.17, 15) is 10.2 Å². The van der Waals surface area contributed by atoms with Crippen molar-refractivity contribution in [2.45, 2.75) is 97.3 Å². The third-order valence-corrected chi connectivity index (χ3v) is 8.24. The van der Waals surface area contributed by atoms with Gasteiger partial charge in [-0.1, -0.05) is 133 Å². The molecule has 0 unspecified atom stereocenters. The van der Waals surface area contributed by atoms with Crippen LogP contribution in [0.1, 0.15) is 107 Å². The smallest absolute Gasteiger partial charge is 0.126 e. The molecular formula is C39H48O2. The molecule has 0 saturated heterocycles. The summed E-state index contributed by atoms with van der Waals surface area (Å²) in [5.41, 5.74) is 8.83. The average Bonchev–Trinajstić information content (AvgIpc) is 2.98. The van der Waals surface area contributed by atoms with Crippen molar-refractivity contribution in [2.75, 3.05) is 0 Å². The Bertz CT molecular complexity index is 1260. The highest BCUT2D eigenvalue weighted by atomic mass is 16.3. The van der Waals surface area contributed by atoms with E-state index in [1.807, 2.05) is 36.4 Å². The molecule has 0 heterocycles. The second kappa shape index (κ2) is 14.9. The molecule has 0 aliphatic carbocycles. The van der Waals surface area contributed by atoms with E-state index in [0.717, 1.165) is 46.2 Å². The number of phenols is 2. The minimum Gasteiger partial charge on any atom is -0.507 e. The van der Waals surface area contributed by atoms with E-state index in [1.165, 1.54) is 56.1 Å². The van der Waals surface area contributed by atoms with E-state index >= 15 is 0 Å². The molecule has 4 aromatic rings. The van der Waals surface area contributed by atoms with Gasteiger partial charge in [0.15, 0.2) is 0 Å². The van der Waals surface area contributed by atoms with Crippen molar-refractivity contribution in [1.82, 2.24) is 0 Å². The first-order chi connectivity index (χ1) is 19.8. The second-order valence-electron chi connectivity index (χ2n) is 12.2. The maximum Gasteiger partial charge on any atom is 0.126 e. The van der Waals surface area contributed by atoms with Gasteiger partial charge in [-0.15, -0.1) is 0 Å². The predicted molar refractivity (Wildman–Crippen MR) is 175 cm³/mol. The van der Waals surface area contributed by atoms with Gasteiger partial charge in [0.05, 0.1) is 0 Å². The van der Waals surface area contributed by atoms with Gasteiger partial charge in [0.2, 0.25) is 0 Å². The summed E-state index contributed by atoms with van der Waals surface area (Å²) in [6.45, 7) is 8.61. The topological polar surface area (TPSA) is 40.5 Å². The Balaban J connectivity index is 1.23. The number of aryl methyl sites for hydroxylation is 2. The standard InChI is InChI=1S/C39H48O2/c1-28(2)34-24-30(26-36(38(34)40)32-20-14-10-15-21-32)18-12-8-6-5-7-9-13-19-31-25-35(29(3)4)39(41)37(27-31)33-22-16-11-17-23-33/h10-11,14-17,20-29,40-41H,5-9,12-13,18-19H2,1-4H3. The van der Waals surface area contributed by atoms with Gasteiger partial charge in [-0.05, 0) is 83.0 Å². The van der Waals surface area contributed by atoms with Crippen molar-refractivity contribution in [3.63, 3.8) is 0 Å². The number of aromatic hydroxyl groups is 2. The zero-order valence-electron chi connectivity index (χ0n) is 25.5. The van der Waals surface area contributed by atoms with Crippen LogP contribution in [-0.4, -0.2) is 10.2 Å². The summed E-state index contributed by atoms with van der Waals surface area (Å²) >= 11 is 0. The summed E-state index contributed by atoms with van der Waals surface area (Å²) in [5.74, 6) is 1.44. The molecule has 216 valence electrons. The van der Waals surface area contributed by atoms with E-state index < -0.39 is 0 Å². The Morgan fingerprint density at radius 1 is 0.463 bits per heavy atom. The molecule has 41 heavy (non-hydrogen) atoms. The van der Waals surface area contributed by atoms with E-state index in [4.69, 9.17) is 0 Å². The van der Waals surface area contributed by atoms with E-state index in [-0.39, 0.29) is 0 Å². The van der Waals surface area contributed by atoms with Crippen molar-refractivity contribution in [2.24, 2.45) is 0 Å². The molecule has 0 radical (unpaired) electrons. The molecule has 4 rings (SSSR count). The minimum absolute atomic E-state index is 0.292. The van der Waals surface area contributed by atoms with Crippen LogP contribution in [0, 0.1) is 0 Å². The number of benzene rings is 4. The van der Waals surface area contributed by atoms with Crippen molar-refractivity contribution >= 4 is 0 Å². The van der Waals surface area contributed by atoms with Crippen LogP contribution in [0.2, 0.25) is 0 Å². The van der Waals surface area contributed by atoms with Gasteiger partial charge in [-0.2, -0.15) is 0 Å². The lowest BCUT2D eigenvalue weighted by atomic mass is 9.91. The zero-order chi connectivity index (χ0) is 29.2. The van der Waals surface area contributed by atoms with Crippen LogP contribution in [0.15, 0.2) is 84.9 Å². The highest BCUT2D eigenvalue weighted by Gasteiger charge is 2.15. The van der Waals surface area contributed by atoms with Gasteiger partial charge in [-0.25, -0.2) is 0 Å². The number of hydrogen-bond donors (Lipinski definition) is 2. The lowest BCUT2D eigenvalue weighted by molar-refractivity contribution is 0.466. The van der Waals surface area contributed by atoms with Crippen molar-refractivity contribution in [3.8, 4) is 33.8 Å². The van der Waals surface area contributed by atoms with Crippen molar-refractivity contribution in [3.05, 3.63) is 107 Å². The third kappa shape index (κ3) is 8.26. The number of unbranched alkanes of at least 4 members (excludes halogenated alkanes) is 6. The van der Waals surface area contributed by atoms with Gasteiger partial charge in [-0.3, -0.25) is 0 Å². The van der Waals surface area contributed by atoms with Gasteiger partial charge in [0.1, 0.15) is 11.5 Å². The first-order valence-corrected chi connectivity index (χ1v) is 15.7. The van der Waals surface area contributed by atoms with Gasteiger partial charge in [0, 0.05) is 11.1 Å². The van der Waals surface area contributed by atoms with Crippen LogP contribution in [0.25, 0.3) is 22.3 Å². The van der Waals surface area contributed by atoms with Crippen LogP contribution in [0.4, 0.5) is 0 Å². The Kier molecular flexibility index (Phi) is 11.1. The first-order valence-electron chi connectivity index (χ1n) is 15.7. The molecule has 0 aliphatic heterocycles. The third-order valence-electron chi connectivity index (χ3n) is 8.24. The van der Waals surface area contributed by atoms with Gasteiger partial charge in [0.25, 0.3) is 0 Å². The maximum atomic E-state index is 10.9. The lowest BCUT2D eigenvalue weighted by Crippen LogP contribution is -1.96. The lowest BCUT2D eigenvalue weighted by Gasteiger charge is -2.16. The minimum atomic E-state index is 0.292. The Morgan fingerprint density at radius 3 is 1.15 bits per heavy atom. The molecule has 2 heteroatoms. The van der Waals surface area contributed by atoms with Crippen LogP contribution < -0.4 is 0 Å². The summed E-state index contributed by atoms with van der Waals surface area (Å²) in [6, 6.07) is 29.3. The normalized spacial score (nSPS) is 11.5. The monoisotopic (exact) mass is 548 g/mol. The second-order valence-corrected chi connectivity index (χ2v) is 12.2. The van der Waals surface area contributed by atoms with Crippen molar-refractivity contribution in [1.29, 1.82) is 0 Å². The molecule has 0 spiro atoms. The number of rotatable bonds is 14. The molecule has 0 bridgehead atoms. The summed E-state index contributed by atoms with van der Waals surface area (Å²) < 4.78 is 0. The average molecular weight is 549 g/mol. The van der Waals surface area contributed by atoms with Crippen LogP contribution in [-0.2, 0) is 12.8 Å². The fourth-order valence-electron chi connectivity index (χ4n) is 5.82. The van der Waals surface area contributed by atoms with Gasteiger partial charge < -0.3 is 10.2 Å². The summed E-state index contributed by atoms with van der Waals surface area (Å²) in [6.07, 6.45) is 10.8. The molecule has 0 aliphatic rings. The van der Waals surface area contributed by atoms with Crippen LogP contribution >= 0.6 is 0 Å². The largest absolute Gasteiger partial charge is 0.507 e. The molecule has 2 N–H and O–H groups in total. The molecule has 0 amide bonds. The van der Waals surface area contributed by atoms with E-state index in [2.05, 4.69) is 76.2 Å². The zero-order valence-corrected chi connectivity index (χ0v) is 25.5. The molecule has 0 fully saturated rings. The fraction of sp³-hybridized carbons (Fsp3) is 0.385. The highest BCUT2D eigenvalue weighted by Crippen LogP contribution is 2.39. The SMILES string of the molecule is CC(C)c1cc(CCCCCCCCCc2cc(-c3ccccc3)c(O)c(C(C)C)c2)cc(-c2ccccc2)c1O. The summed E-state index contributed by atoms with van der Waals surface area (Å²) in [7, 11) is 0. The van der Waals surface area contributed by atoms with Crippen molar-refractivity contribution < 1.29 is 10.2 Å². The molecule has 4 aromatic carbocycles. The molecular weight excluding hydrogens is 500 g/mol. The van der Waals surface area contributed by atoms with Gasteiger partial charge >= 0.3 is 0 Å². The molecule has 2 nitrogen and oxygen atoms in total. The predicted octanol–water partition coefficient (Wildman–Crippen LogP) is 11.2. The maximum absolute atomic E-state index is 10.9. The molecule has 0 saturated carbocycles. The van der Waals surface area contributed by atoms with E-state index in [0.29, 0.717) is 23.3 Å². The Hall–Kier alpha value is -3.52. The number of hydrogen-bond acceptors (Lipinski definition) is 2. The highest BCUT2D eigenvalue weighted by molar-refractivity contribution is 5.74. The van der Waals surface area contributed by atoms with E-state index in [1.54, 1.807) is 0 Å². The Morgan fingerprint density at radius 2 is 0.805 bits per heavy atom. The summed E-state index contributed by atoms with van der Waals surface area (Å²) in [4.78, 5) is 0.